The van der Waals surface area contributed by atoms with E-state index >= 15 is 0 Å². The van der Waals surface area contributed by atoms with E-state index in [1.165, 1.54) is 6.33 Å². The number of nitrogens with zero attached hydrogens (tertiary/aromatic N) is 2. The van der Waals surface area contributed by atoms with Crippen LogP contribution in [0.3, 0.4) is 0 Å². The molecule has 0 fully saturated rings. The topological polar surface area (TPSA) is 59.1 Å². The number of nitrogens with one attached hydrogen (secondary N) is 2. The third kappa shape index (κ3) is 3.47. The first-order chi connectivity index (χ1) is 8.10. The van der Waals surface area contributed by atoms with Crippen LogP contribution in [0.25, 0.3) is 0 Å². The van der Waals surface area contributed by atoms with Crippen LogP contribution in [0.1, 0.15) is 20.8 Å². The Morgan fingerprint density at radius 1 is 1.24 bits per heavy atom. The Kier molecular flexibility index (Phi) is 5.00. The van der Waals surface area contributed by atoms with Gasteiger partial charge < -0.3 is 15.4 Å². The second-order valence-corrected chi connectivity index (χ2v) is 4.46. The van der Waals surface area contributed by atoms with Crippen molar-refractivity contribution < 1.29 is 4.74 Å². The summed E-state index contributed by atoms with van der Waals surface area (Å²) in [5.74, 6) is 3.30. The van der Waals surface area contributed by atoms with Gasteiger partial charge in [-0.3, -0.25) is 0 Å². The van der Waals surface area contributed by atoms with Gasteiger partial charge in [-0.1, -0.05) is 20.8 Å². The molecular formula is C12H22N4O. The minimum absolute atomic E-state index is 0.577. The average molecular weight is 238 g/mol. The van der Waals surface area contributed by atoms with Crippen LogP contribution < -0.4 is 15.4 Å². The summed E-state index contributed by atoms with van der Waals surface area (Å²) in [6, 6.07) is 0. The van der Waals surface area contributed by atoms with Gasteiger partial charge in [0.25, 0.3) is 0 Å². The van der Waals surface area contributed by atoms with E-state index in [1.807, 2.05) is 7.05 Å². The molecule has 0 radical (unpaired) electrons. The number of hydrogen-bond donors (Lipinski definition) is 2. The SMILES string of the molecule is CNc1ncnc(NCC(C)C(C)C)c1OC. The molecule has 5 heteroatoms. The molecule has 0 spiro atoms. The monoisotopic (exact) mass is 238 g/mol. The predicted octanol–water partition coefficient (Wildman–Crippen LogP) is 2.23. The molecule has 1 heterocycles. The van der Waals surface area contributed by atoms with Crippen LogP contribution in [0, 0.1) is 11.8 Å². The summed E-state index contributed by atoms with van der Waals surface area (Å²) >= 11 is 0. The van der Waals surface area contributed by atoms with Crippen molar-refractivity contribution in [1.82, 2.24) is 9.97 Å². The molecule has 0 saturated heterocycles. The molecule has 0 aliphatic carbocycles. The molecule has 0 aliphatic rings. The standard InChI is InChI=1S/C12H22N4O/c1-8(2)9(3)6-14-12-10(17-5)11(13-4)15-7-16-12/h7-9H,6H2,1-5H3,(H2,13,14,15,16). The van der Waals surface area contributed by atoms with Gasteiger partial charge in [0.1, 0.15) is 6.33 Å². The minimum atomic E-state index is 0.577. The van der Waals surface area contributed by atoms with E-state index in [4.69, 9.17) is 4.74 Å². The molecule has 0 aliphatic heterocycles. The molecule has 1 rings (SSSR count). The largest absolute Gasteiger partial charge is 0.490 e. The van der Waals surface area contributed by atoms with Crippen LogP contribution in [-0.4, -0.2) is 30.7 Å². The van der Waals surface area contributed by atoms with Gasteiger partial charge in [0.05, 0.1) is 7.11 Å². The van der Waals surface area contributed by atoms with Crippen molar-refractivity contribution in [2.24, 2.45) is 11.8 Å². The Labute approximate surface area is 103 Å². The van der Waals surface area contributed by atoms with E-state index in [2.05, 4.69) is 41.4 Å². The summed E-state index contributed by atoms with van der Waals surface area (Å²) in [6.45, 7) is 7.50. The zero-order valence-electron chi connectivity index (χ0n) is 11.2. The lowest BCUT2D eigenvalue weighted by molar-refractivity contribution is 0.411. The van der Waals surface area contributed by atoms with E-state index in [9.17, 15) is 0 Å². The number of anilines is 2. The maximum absolute atomic E-state index is 5.31. The zero-order chi connectivity index (χ0) is 12.8. The Bertz CT molecular complexity index is 354. The average Bonchev–Trinajstić information content (AvgIpc) is 2.34. The maximum atomic E-state index is 5.31. The highest BCUT2D eigenvalue weighted by atomic mass is 16.5. The van der Waals surface area contributed by atoms with Gasteiger partial charge in [-0.05, 0) is 11.8 Å². The molecule has 1 unspecified atom stereocenters. The summed E-state index contributed by atoms with van der Waals surface area (Å²) < 4.78 is 5.31. The van der Waals surface area contributed by atoms with Crippen LogP contribution >= 0.6 is 0 Å². The van der Waals surface area contributed by atoms with Crippen molar-refractivity contribution in [3.05, 3.63) is 6.33 Å². The molecule has 1 aromatic heterocycles. The van der Waals surface area contributed by atoms with Gasteiger partial charge in [0, 0.05) is 13.6 Å². The molecular weight excluding hydrogens is 216 g/mol. The van der Waals surface area contributed by atoms with Crippen LogP contribution in [0.2, 0.25) is 0 Å². The highest BCUT2D eigenvalue weighted by Crippen LogP contribution is 2.28. The van der Waals surface area contributed by atoms with Crippen molar-refractivity contribution in [3.8, 4) is 5.75 Å². The second kappa shape index (κ2) is 6.27. The van der Waals surface area contributed by atoms with Crippen molar-refractivity contribution >= 4 is 11.6 Å². The Morgan fingerprint density at radius 2 is 1.88 bits per heavy atom. The summed E-state index contributed by atoms with van der Waals surface area (Å²) in [6.07, 6.45) is 1.52. The quantitative estimate of drug-likeness (QED) is 0.796. The molecule has 96 valence electrons. The van der Waals surface area contributed by atoms with E-state index in [1.54, 1.807) is 7.11 Å². The van der Waals surface area contributed by atoms with Crippen molar-refractivity contribution in [3.63, 3.8) is 0 Å². The van der Waals surface area contributed by atoms with E-state index in [0.29, 0.717) is 23.4 Å². The van der Waals surface area contributed by atoms with Gasteiger partial charge in [-0.15, -0.1) is 0 Å². The fraction of sp³-hybridized carbons (Fsp3) is 0.667. The number of hydrogen-bond acceptors (Lipinski definition) is 5. The molecule has 1 aromatic rings. The molecule has 0 amide bonds. The Balaban J connectivity index is 2.77. The van der Waals surface area contributed by atoms with Crippen LogP contribution in [-0.2, 0) is 0 Å². The fourth-order valence-electron chi connectivity index (χ4n) is 1.36. The zero-order valence-corrected chi connectivity index (χ0v) is 11.2. The second-order valence-electron chi connectivity index (χ2n) is 4.46. The third-order valence-electron chi connectivity index (χ3n) is 2.97. The van der Waals surface area contributed by atoms with Gasteiger partial charge in [0.15, 0.2) is 11.6 Å². The van der Waals surface area contributed by atoms with Crippen molar-refractivity contribution in [2.45, 2.75) is 20.8 Å². The van der Waals surface area contributed by atoms with E-state index in [0.717, 1.165) is 12.4 Å². The van der Waals surface area contributed by atoms with E-state index in [-0.39, 0.29) is 0 Å². The van der Waals surface area contributed by atoms with Crippen molar-refractivity contribution in [1.29, 1.82) is 0 Å². The summed E-state index contributed by atoms with van der Waals surface area (Å²) in [4.78, 5) is 8.31. The van der Waals surface area contributed by atoms with E-state index < -0.39 is 0 Å². The first kappa shape index (κ1) is 13.5. The molecule has 0 bridgehead atoms. The third-order valence-corrected chi connectivity index (χ3v) is 2.97. The lowest BCUT2D eigenvalue weighted by Crippen LogP contribution is -2.17. The van der Waals surface area contributed by atoms with Gasteiger partial charge in [-0.25, -0.2) is 9.97 Å². The Morgan fingerprint density at radius 3 is 2.41 bits per heavy atom. The minimum Gasteiger partial charge on any atom is -0.490 e. The highest BCUT2D eigenvalue weighted by molar-refractivity contribution is 5.63. The number of aromatic nitrogens is 2. The molecule has 2 N–H and O–H groups in total. The molecule has 1 atom stereocenters. The lowest BCUT2D eigenvalue weighted by atomic mass is 9.98. The van der Waals surface area contributed by atoms with Crippen LogP contribution in [0.5, 0.6) is 5.75 Å². The summed E-state index contributed by atoms with van der Waals surface area (Å²) in [5, 5.41) is 6.29. The highest BCUT2D eigenvalue weighted by Gasteiger charge is 2.12. The van der Waals surface area contributed by atoms with Gasteiger partial charge >= 0.3 is 0 Å². The summed E-state index contributed by atoms with van der Waals surface area (Å²) in [7, 11) is 3.43. The summed E-state index contributed by atoms with van der Waals surface area (Å²) in [5.41, 5.74) is 0. The Hall–Kier alpha value is -1.52. The number of ether oxygens (including phenoxy) is 1. The lowest BCUT2D eigenvalue weighted by Gasteiger charge is -2.18. The smallest absolute Gasteiger partial charge is 0.204 e. The molecule has 17 heavy (non-hydrogen) atoms. The first-order valence-corrected chi connectivity index (χ1v) is 5.90. The predicted molar refractivity (Wildman–Crippen MR) is 70.6 cm³/mol. The molecule has 0 aromatic carbocycles. The normalized spacial score (nSPS) is 12.4. The first-order valence-electron chi connectivity index (χ1n) is 5.90. The van der Waals surface area contributed by atoms with Crippen LogP contribution in [0.4, 0.5) is 11.6 Å². The number of rotatable bonds is 6. The fourth-order valence-corrected chi connectivity index (χ4v) is 1.36. The van der Waals surface area contributed by atoms with Gasteiger partial charge in [0.2, 0.25) is 5.75 Å². The number of methoxy groups -OCH3 is 1. The van der Waals surface area contributed by atoms with Crippen LogP contribution in [0.15, 0.2) is 6.33 Å². The molecule has 5 nitrogen and oxygen atoms in total. The molecule has 0 saturated carbocycles. The van der Waals surface area contributed by atoms with Gasteiger partial charge in [-0.2, -0.15) is 0 Å². The van der Waals surface area contributed by atoms with Crippen molar-refractivity contribution in [2.75, 3.05) is 31.3 Å². The maximum Gasteiger partial charge on any atom is 0.204 e.